The lowest BCUT2D eigenvalue weighted by atomic mass is 10.1. The van der Waals surface area contributed by atoms with Gasteiger partial charge in [-0.25, -0.2) is 9.59 Å². The normalized spacial score (nSPS) is 35.0. The highest BCUT2D eigenvalue weighted by Crippen LogP contribution is 2.60. The second kappa shape index (κ2) is 3.81. The lowest BCUT2D eigenvalue weighted by Gasteiger charge is -2.17. The van der Waals surface area contributed by atoms with Crippen molar-refractivity contribution in [3.63, 3.8) is 0 Å². The number of carbonyl (C=O) groups excluding carboxylic acids is 1. The molecule has 2 saturated carbocycles. The maximum absolute atomic E-state index is 11.3. The third-order valence-corrected chi connectivity index (χ3v) is 3.57. The first-order chi connectivity index (χ1) is 7.63. The topological polar surface area (TPSA) is 75.6 Å². The zero-order valence-corrected chi connectivity index (χ0v) is 8.94. The molecule has 88 valence electrons. The number of rotatable bonds is 4. The summed E-state index contributed by atoms with van der Waals surface area (Å²) < 4.78 is 4.75. The third-order valence-electron chi connectivity index (χ3n) is 3.57. The summed E-state index contributed by atoms with van der Waals surface area (Å²) in [5.74, 6) is -0.777. The fourth-order valence-corrected chi connectivity index (χ4v) is 2.85. The van der Waals surface area contributed by atoms with Crippen molar-refractivity contribution in [2.45, 2.75) is 24.8 Å². The van der Waals surface area contributed by atoms with E-state index in [0.29, 0.717) is 0 Å². The van der Waals surface area contributed by atoms with Crippen molar-refractivity contribution in [3.8, 4) is 0 Å². The number of alkyl carbamates (subject to hydrolysis) is 1. The summed E-state index contributed by atoms with van der Waals surface area (Å²) in [6.45, 7) is 3.51. The lowest BCUT2D eigenvalue weighted by molar-refractivity contribution is -0.141. The average Bonchev–Trinajstić information content (AvgIpc) is 2.63. The van der Waals surface area contributed by atoms with Crippen molar-refractivity contribution in [1.29, 1.82) is 0 Å². The van der Waals surface area contributed by atoms with Crippen molar-refractivity contribution in [2.24, 2.45) is 11.8 Å². The molecular formula is C11H15NO4. The van der Waals surface area contributed by atoms with Gasteiger partial charge in [0.1, 0.15) is 12.1 Å². The molecule has 2 aliphatic carbocycles. The Morgan fingerprint density at radius 2 is 2.12 bits per heavy atom. The van der Waals surface area contributed by atoms with Gasteiger partial charge in [-0.3, -0.25) is 0 Å². The molecule has 0 bridgehead atoms. The molecule has 0 aromatic rings. The number of hydrogen-bond donors (Lipinski definition) is 2. The van der Waals surface area contributed by atoms with Crippen molar-refractivity contribution in [3.05, 3.63) is 12.7 Å². The molecule has 5 heteroatoms. The summed E-state index contributed by atoms with van der Waals surface area (Å²) in [6.07, 6.45) is 3.57. The molecule has 2 aliphatic rings. The molecule has 0 saturated heterocycles. The smallest absolute Gasteiger partial charge is 0.408 e. The van der Waals surface area contributed by atoms with Crippen molar-refractivity contribution >= 4 is 12.1 Å². The first-order valence-corrected chi connectivity index (χ1v) is 5.42. The zero-order chi connectivity index (χ0) is 11.8. The van der Waals surface area contributed by atoms with Gasteiger partial charge in [0.15, 0.2) is 0 Å². The molecule has 0 aromatic heterocycles. The van der Waals surface area contributed by atoms with E-state index in [-0.39, 0.29) is 18.4 Å². The monoisotopic (exact) mass is 225 g/mol. The molecule has 0 heterocycles. The minimum absolute atomic E-state index is 0.0845. The molecule has 5 nitrogen and oxygen atoms in total. The quantitative estimate of drug-likeness (QED) is 0.704. The summed E-state index contributed by atoms with van der Waals surface area (Å²) in [5, 5.41) is 11.7. The molecule has 0 spiro atoms. The van der Waals surface area contributed by atoms with Gasteiger partial charge in [0, 0.05) is 0 Å². The number of hydrogen-bond acceptors (Lipinski definition) is 3. The van der Waals surface area contributed by atoms with Gasteiger partial charge in [0.25, 0.3) is 0 Å². The molecule has 0 aromatic carbocycles. The molecule has 0 aliphatic heterocycles. The minimum atomic E-state index is -1.06. The molecule has 2 atom stereocenters. The van der Waals surface area contributed by atoms with Crippen LogP contribution >= 0.6 is 0 Å². The van der Waals surface area contributed by atoms with Crippen LogP contribution in [0, 0.1) is 11.8 Å². The number of fused-ring (bicyclic) bond motifs is 1. The fraction of sp³-hybridized carbons (Fsp3) is 0.636. The van der Waals surface area contributed by atoms with E-state index in [0.717, 1.165) is 19.3 Å². The Balaban J connectivity index is 1.98. The molecular weight excluding hydrogens is 210 g/mol. The third kappa shape index (κ3) is 1.47. The summed E-state index contributed by atoms with van der Waals surface area (Å²) in [5.41, 5.74) is -1.06. The van der Waals surface area contributed by atoms with Crippen LogP contribution in [-0.4, -0.2) is 29.3 Å². The molecule has 16 heavy (non-hydrogen) atoms. The maximum Gasteiger partial charge on any atom is 0.408 e. The van der Waals surface area contributed by atoms with Gasteiger partial charge >= 0.3 is 12.1 Å². The number of carboxylic acid groups (broad SMARTS) is 1. The Kier molecular flexibility index (Phi) is 2.61. The van der Waals surface area contributed by atoms with E-state index in [4.69, 9.17) is 4.74 Å². The van der Waals surface area contributed by atoms with Crippen LogP contribution in [0.1, 0.15) is 19.3 Å². The van der Waals surface area contributed by atoms with Crippen LogP contribution in [0.3, 0.4) is 0 Å². The Morgan fingerprint density at radius 3 is 2.62 bits per heavy atom. The van der Waals surface area contributed by atoms with Gasteiger partial charge < -0.3 is 15.2 Å². The van der Waals surface area contributed by atoms with Crippen LogP contribution in [0.15, 0.2) is 12.7 Å². The molecule has 2 fully saturated rings. The van der Waals surface area contributed by atoms with E-state index in [9.17, 15) is 14.7 Å². The second-order valence-corrected chi connectivity index (χ2v) is 4.33. The average molecular weight is 225 g/mol. The van der Waals surface area contributed by atoms with Crippen molar-refractivity contribution in [2.75, 3.05) is 6.61 Å². The fourth-order valence-electron chi connectivity index (χ4n) is 2.85. The van der Waals surface area contributed by atoms with E-state index in [1.807, 2.05) is 0 Å². The van der Waals surface area contributed by atoms with Crippen LogP contribution < -0.4 is 5.32 Å². The Bertz CT molecular complexity index is 329. The number of carboxylic acids is 1. The predicted octanol–water partition coefficient (Wildman–Crippen LogP) is 1.15. The SMILES string of the molecule is C=CCOC(=O)NC1(C(=O)O)C2CCCC21. The highest BCUT2D eigenvalue weighted by Gasteiger charge is 2.72. The van der Waals surface area contributed by atoms with Gasteiger partial charge in [0.2, 0.25) is 0 Å². The zero-order valence-electron chi connectivity index (χ0n) is 8.94. The first kappa shape index (κ1) is 11.0. The van der Waals surface area contributed by atoms with Crippen LogP contribution in [-0.2, 0) is 9.53 Å². The number of ether oxygens (including phenoxy) is 1. The van der Waals surface area contributed by atoms with Crippen LogP contribution in [0.5, 0.6) is 0 Å². The Hall–Kier alpha value is -1.52. The maximum atomic E-state index is 11.3. The van der Waals surface area contributed by atoms with Crippen molar-refractivity contribution in [1.82, 2.24) is 5.32 Å². The van der Waals surface area contributed by atoms with Gasteiger partial charge in [0.05, 0.1) is 0 Å². The van der Waals surface area contributed by atoms with E-state index < -0.39 is 17.6 Å². The first-order valence-electron chi connectivity index (χ1n) is 5.42. The van der Waals surface area contributed by atoms with Gasteiger partial charge in [-0.05, 0) is 24.7 Å². The molecule has 2 unspecified atom stereocenters. The standard InChI is InChI=1S/C11H15NO4/c1-2-6-16-10(15)12-11(9(13)14)7-4-3-5-8(7)11/h2,7-8H,1,3-6H2,(H,12,15)(H,13,14). The molecule has 2 rings (SSSR count). The largest absolute Gasteiger partial charge is 0.479 e. The minimum Gasteiger partial charge on any atom is -0.479 e. The van der Waals surface area contributed by atoms with Crippen molar-refractivity contribution < 1.29 is 19.4 Å². The van der Waals surface area contributed by atoms with E-state index in [2.05, 4.69) is 11.9 Å². The number of aliphatic carboxylic acids is 1. The van der Waals surface area contributed by atoms with Gasteiger partial charge in [-0.1, -0.05) is 19.1 Å². The summed E-state index contributed by atoms with van der Waals surface area (Å²) in [7, 11) is 0. The molecule has 1 amide bonds. The van der Waals surface area contributed by atoms with Gasteiger partial charge in [-0.15, -0.1) is 0 Å². The number of amides is 1. The van der Waals surface area contributed by atoms with E-state index >= 15 is 0 Å². The number of nitrogens with one attached hydrogen (secondary N) is 1. The molecule has 0 radical (unpaired) electrons. The van der Waals surface area contributed by atoms with Gasteiger partial charge in [-0.2, -0.15) is 0 Å². The Morgan fingerprint density at radius 1 is 1.50 bits per heavy atom. The van der Waals surface area contributed by atoms with Crippen LogP contribution in [0.4, 0.5) is 4.79 Å². The second-order valence-electron chi connectivity index (χ2n) is 4.33. The van der Waals surface area contributed by atoms with Crippen LogP contribution in [0.2, 0.25) is 0 Å². The molecule has 2 N–H and O–H groups in total. The summed E-state index contributed by atoms with van der Waals surface area (Å²) in [4.78, 5) is 22.6. The highest BCUT2D eigenvalue weighted by atomic mass is 16.5. The van der Waals surface area contributed by atoms with E-state index in [1.165, 1.54) is 6.08 Å². The van der Waals surface area contributed by atoms with Crippen LogP contribution in [0.25, 0.3) is 0 Å². The summed E-state index contributed by atoms with van der Waals surface area (Å²) >= 11 is 0. The predicted molar refractivity (Wildman–Crippen MR) is 55.9 cm³/mol. The Labute approximate surface area is 93.5 Å². The lowest BCUT2D eigenvalue weighted by Crippen LogP contribution is -2.47. The number of carbonyl (C=O) groups is 2. The van der Waals surface area contributed by atoms with E-state index in [1.54, 1.807) is 0 Å². The highest BCUT2D eigenvalue weighted by molar-refractivity contribution is 5.89. The summed E-state index contributed by atoms with van der Waals surface area (Å²) in [6, 6.07) is 0.